The number of hydrogen-bond acceptors (Lipinski definition) is 3. The maximum absolute atomic E-state index is 12.6. The van der Waals surface area contributed by atoms with Gasteiger partial charge in [0.1, 0.15) is 5.75 Å². The summed E-state index contributed by atoms with van der Waals surface area (Å²) >= 11 is 0. The van der Waals surface area contributed by atoms with E-state index in [9.17, 15) is 18.0 Å². The molecule has 0 aromatic heterocycles. The third-order valence-corrected chi connectivity index (χ3v) is 4.36. The number of anilines is 1. The quantitative estimate of drug-likeness (QED) is 0.591. The van der Waals surface area contributed by atoms with E-state index in [0.29, 0.717) is 11.3 Å². The molecule has 7 heteroatoms. The lowest BCUT2D eigenvalue weighted by Gasteiger charge is -2.15. The zero-order chi connectivity index (χ0) is 21.7. The summed E-state index contributed by atoms with van der Waals surface area (Å²) in [4.78, 5) is 12.3. The second kappa shape index (κ2) is 8.70. The maximum Gasteiger partial charge on any atom is 0.416 e. The fourth-order valence-corrected chi connectivity index (χ4v) is 2.71. The van der Waals surface area contributed by atoms with Crippen molar-refractivity contribution in [1.29, 1.82) is 5.26 Å². The molecule has 0 fully saturated rings. The van der Waals surface area contributed by atoms with Crippen molar-refractivity contribution in [1.82, 2.24) is 0 Å². The van der Waals surface area contributed by atoms with Crippen molar-refractivity contribution in [2.75, 3.05) is 5.32 Å². The van der Waals surface area contributed by atoms with Crippen molar-refractivity contribution >= 4 is 11.6 Å². The predicted octanol–water partition coefficient (Wildman–Crippen LogP) is 5.65. The largest absolute Gasteiger partial charge is 0.481 e. The number of alkyl halides is 3. The lowest BCUT2D eigenvalue weighted by atomic mass is 10.0. The number of nitriles is 1. The molecule has 0 saturated carbocycles. The molecule has 0 spiro atoms. The van der Waals surface area contributed by atoms with Crippen LogP contribution in [0.4, 0.5) is 18.9 Å². The first-order chi connectivity index (χ1) is 14.3. The number of benzene rings is 3. The molecule has 3 aromatic rings. The average Bonchev–Trinajstić information content (AvgIpc) is 2.74. The summed E-state index contributed by atoms with van der Waals surface area (Å²) in [6.07, 6.45) is -5.28. The summed E-state index contributed by atoms with van der Waals surface area (Å²) in [5.41, 5.74) is 1.90. The zero-order valence-electron chi connectivity index (χ0n) is 15.9. The molecule has 0 aliphatic heterocycles. The Bertz CT molecular complexity index is 1050. The Morgan fingerprint density at radius 3 is 1.97 bits per heavy atom. The molecule has 0 radical (unpaired) electrons. The molecule has 1 atom stereocenters. The van der Waals surface area contributed by atoms with Crippen LogP contribution >= 0.6 is 0 Å². The normalized spacial score (nSPS) is 12.0. The van der Waals surface area contributed by atoms with Gasteiger partial charge < -0.3 is 10.1 Å². The molecular formula is C23H17F3N2O2. The lowest BCUT2D eigenvalue weighted by Crippen LogP contribution is -2.30. The molecule has 3 rings (SSSR count). The third-order valence-electron chi connectivity index (χ3n) is 4.36. The van der Waals surface area contributed by atoms with Gasteiger partial charge in [0, 0.05) is 5.69 Å². The lowest BCUT2D eigenvalue weighted by molar-refractivity contribution is -0.137. The first-order valence-corrected chi connectivity index (χ1v) is 9.01. The Morgan fingerprint density at radius 1 is 0.933 bits per heavy atom. The van der Waals surface area contributed by atoms with Gasteiger partial charge in [-0.25, -0.2) is 0 Å². The SMILES string of the molecule is C[C@H](Oc1ccc(-c2ccc(C#N)cc2)cc1)C(=O)Nc1ccc(C(F)(F)F)cc1. The Balaban J connectivity index is 1.60. The molecule has 1 N–H and O–H groups in total. The number of amides is 1. The molecule has 0 bridgehead atoms. The Labute approximate surface area is 171 Å². The molecular weight excluding hydrogens is 393 g/mol. The van der Waals surface area contributed by atoms with Crippen molar-refractivity contribution in [3.8, 4) is 22.9 Å². The van der Waals surface area contributed by atoms with Gasteiger partial charge in [-0.1, -0.05) is 24.3 Å². The molecule has 0 unspecified atom stereocenters. The summed E-state index contributed by atoms with van der Waals surface area (Å²) in [7, 11) is 0. The van der Waals surface area contributed by atoms with E-state index in [1.807, 2.05) is 24.3 Å². The van der Waals surface area contributed by atoms with Crippen LogP contribution in [0.1, 0.15) is 18.1 Å². The highest BCUT2D eigenvalue weighted by Gasteiger charge is 2.30. The van der Waals surface area contributed by atoms with E-state index in [1.54, 1.807) is 31.2 Å². The smallest absolute Gasteiger partial charge is 0.416 e. The van der Waals surface area contributed by atoms with Crippen molar-refractivity contribution in [2.24, 2.45) is 0 Å². The minimum atomic E-state index is -4.43. The van der Waals surface area contributed by atoms with Crippen molar-refractivity contribution in [3.63, 3.8) is 0 Å². The van der Waals surface area contributed by atoms with E-state index in [4.69, 9.17) is 10.00 Å². The average molecular weight is 410 g/mol. The van der Waals surface area contributed by atoms with Gasteiger partial charge in [0.15, 0.2) is 6.10 Å². The highest BCUT2D eigenvalue weighted by molar-refractivity contribution is 5.94. The second-order valence-corrected chi connectivity index (χ2v) is 6.54. The first-order valence-electron chi connectivity index (χ1n) is 9.01. The molecule has 0 heterocycles. The summed E-state index contributed by atoms with van der Waals surface area (Å²) < 4.78 is 43.4. The number of carbonyl (C=O) groups excluding carboxylic acids is 1. The fourth-order valence-electron chi connectivity index (χ4n) is 2.71. The van der Waals surface area contributed by atoms with E-state index in [0.717, 1.165) is 23.3 Å². The van der Waals surface area contributed by atoms with Crippen LogP contribution in [-0.2, 0) is 11.0 Å². The molecule has 0 saturated heterocycles. The maximum atomic E-state index is 12.6. The predicted molar refractivity (Wildman–Crippen MR) is 107 cm³/mol. The summed E-state index contributed by atoms with van der Waals surface area (Å²) in [6.45, 7) is 1.55. The molecule has 0 aliphatic rings. The number of rotatable bonds is 5. The molecule has 30 heavy (non-hydrogen) atoms. The van der Waals surface area contributed by atoms with E-state index in [-0.39, 0.29) is 5.69 Å². The fraction of sp³-hybridized carbons (Fsp3) is 0.130. The number of nitrogens with one attached hydrogen (secondary N) is 1. The van der Waals surface area contributed by atoms with Crippen LogP contribution in [0.3, 0.4) is 0 Å². The van der Waals surface area contributed by atoms with Crippen LogP contribution in [-0.4, -0.2) is 12.0 Å². The van der Waals surface area contributed by atoms with E-state index >= 15 is 0 Å². The highest BCUT2D eigenvalue weighted by atomic mass is 19.4. The van der Waals surface area contributed by atoms with Crippen molar-refractivity contribution < 1.29 is 22.7 Å². The van der Waals surface area contributed by atoms with Gasteiger partial charge in [0.05, 0.1) is 17.2 Å². The Kier molecular flexibility index (Phi) is 6.07. The number of ether oxygens (including phenoxy) is 1. The number of halogens is 3. The van der Waals surface area contributed by atoms with Gasteiger partial charge in [0.25, 0.3) is 5.91 Å². The molecule has 1 amide bonds. The molecule has 4 nitrogen and oxygen atoms in total. The van der Waals surface area contributed by atoms with Crippen LogP contribution in [0.5, 0.6) is 5.75 Å². The minimum Gasteiger partial charge on any atom is -0.481 e. The van der Waals surface area contributed by atoms with Crippen LogP contribution in [0, 0.1) is 11.3 Å². The van der Waals surface area contributed by atoms with Crippen LogP contribution in [0.2, 0.25) is 0 Å². The van der Waals surface area contributed by atoms with Gasteiger partial charge in [-0.3, -0.25) is 4.79 Å². The van der Waals surface area contributed by atoms with Gasteiger partial charge in [-0.2, -0.15) is 18.4 Å². The monoisotopic (exact) mass is 410 g/mol. The third kappa shape index (κ3) is 5.17. The topological polar surface area (TPSA) is 62.1 Å². The number of carbonyl (C=O) groups is 1. The number of hydrogen-bond donors (Lipinski definition) is 1. The van der Waals surface area contributed by atoms with Gasteiger partial charge >= 0.3 is 6.18 Å². The van der Waals surface area contributed by atoms with E-state index in [2.05, 4.69) is 11.4 Å². The van der Waals surface area contributed by atoms with E-state index in [1.165, 1.54) is 12.1 Å². The van der Waals surface area contributed by atoms with Gasteiger partial charge in [0.2, 0.25) is 0 Å². The summed E-state index contributed by atoms with van der Waals surface area (Å²) in [5.74, 6) is -0.00612. The Morgan fingerprint density at radius 2 is 1.47 bits per heavy atom. The number of nitrogens with zero attached hydrogens (tertiary/aromatic N) is 1. The minimum absolute atomic E-state index is 0.250. The summed E-state index contributed by atoms with van der Waals surface area (Å²) in [6, 6.07) is 20.5. The van der Waals surface area contributed by atoms with Crippen molar-refractivity contribution in [2.45, 2.75) is 19.2 Å². The van der Waals surface area contributed by atoms with Gasteiger partial charge in [-0.05, 0) is 66.6 Å². The first kappa shape index (κ1) is 20.9. The van der Waals surface area contributed by atoms with Crippen LogP contribution in [0.15, 0.2) is 72.8 Å². The van der Waals surface area contributed by atoms with Crippen molar-refractivity contribution in [3.05, 3.63) is 83.9 Å². The highest BCUT2D eigenvalue weighted by Crippen LogP contribution is 2.30. The van der Waals surface area contributed by atoms with Gasteiger partial charge in [-0.15, -0.1) is 0 Å². The zero-order valence-corrected chi connectivity index (χ0v) is 15.9. The second-order valence-electron chi connectivity index (χ2n) is 6.54. The molecule has 152 valence electrons. The molecule has 3 aromatic carbocycles. The van der Waals surface area contributed by atoms with E-state index < -0.39 is 23.8 Å². The molecule has 0 aliphatic carbocycles. The van der Waals surface area contributed by atoms with Crippen LogP contribution < -0.4 is 10.1 Å². The standard InChI is InChI=1S/C23H17F3N2O2/c1-15(22(29)28-20-10-8-19(9-11-20)23(24,25)26)30-21-12-6-18(7-13-21)17-4-2-16(14-27)3-5-17/h2-13,15H,1H3,(H,28,29)/t15-/m0/s1. The van der Waals surface area contributed by atoms with Crippen LogP contribution in [0.25, 0.3) is 11.1 Å². The summed E-state index contributed by atoms with van der Waals surface area (Å²) in [5, 5.41) is 11.4. The Hall–Kier alpha value is -3.79.